The molecule has 0 bridgehead atoms. The zero-order valence-electron chi connectivity index (χ0n) is 7.09. The van der Waals surface area contributed by atoms with Crippen LogP contribution in [0.2, 0.25) is 0 Å². The van der Waals surface area contributed by atoms with Crippen molar-refractivity contribution in [2.45, 2.75) is 0 Å². The molecule has 2 aromatic rings. The fraction of sp³-hybridized carbons (Fsp3) is 0. The van der Waals surface area contributed by atoms with Gasteiger partial charge in [0.1, 0.15) is 4.60 Å². The Balaban J connectivity index is 2.55. The Morgan fingerprint density at radius 1 is 1.43 bits per heavy atom. The summed E-state index contributed by atoms with van der Waals surface area (Å²) in [6.07, 6.45) is 4.12. The maximum Gasteiger partial charge on any atom is 0.163 e. The van der Waals surface area contributed by atoms with Crippen LogP contribution in [0.5, 0.6) is 0 Å². The van der Waals surface area contributed by atoms with Gasteiger partial charge >= 0.3 is 0 Å². The van der Waals surface area contributed by atoms with Crippen molar-refractivity contribution >= 4 is 22.2 Å². The molecule has 0 fully saturated rings. The van der Waals surface area contributed by atoms with Crippen molar-refractivity contribution in [3.05, 3.63) is 40.8 Å². The normalized spacial score (nSPS) is 10.1. The number of rotatable bonds is 2. The Labute approximate surface area is 88.7 Å². The molecule has 0 aliphatic carbocycles. The summed E-state index contributed by atoms with van der Waals surface area (Å²) in [5, 5.41) is 4.10. The van der Waals surface area contributed by atoms with E-state index in [1.54, 1.807) is 35.3 Å². The zero-order valence-corrected chi connectivity index (χ0v) is 8.68. The SMILES string of the molecule is O=Cc1cccnc1-n1ccc(Br)n1. The third-order valence-corrected chi connectivity index (χ3v) is 2.14. The van der Waals surface area contributed by atoms with Crippen molar-refractivity contribution in [3.8, 4) is 5.82 Å². The minimum Gasteiger partial charge on any atom is -0.298 e. The van der Waals surface area contributed by atoms with E-state index in [4.69, 9.17) is 0 Å². The molecule has 2 heterocycles. The summed E-state index contributed by atoms with van der Waals surface area (Å²) < 4.78 is 2.26. The van der Waals surface area contributed by atoms with E-state index in [1.807, 2.05) is 0 Å². The van der Waals surface area contributed by atoms with Crippen molar-refractivity contribution in [2.24, 2.45) is 0 Å². The van der Waals surface area contributed by atoms with Crippen molar-refractivity contribution in [3.63, 3.8) is 0 Å². The lowest BCUT2D eigenvalue weighted by Gasteiger charge is -2.01. The third kappa shape index (κ3) is 1.58. The standard InChI is InChI=1S/C9H6BrN3O/c10-8-3-5-13(12-8)9-7(6-14)2-1-4-11-9/h1-6H. The monoisotopic (exact) mass is 251 g/mol. The second kappa shape index (κ2) is 3.71. The summed E-state index contributed by atoms with van der Waals surface area (Å²) in [5.41, 5.74) is 0.517. The first-order valence-electron chi connectivity index (χ1n) is 3.93. The molecule has 2 rings (SSSR count). The first-order chi connectivity index (χ1) is 6.81. The van der Waals surface area contributed by atoms with Gasteiger partial charge in [-0.05, 0) is 34.1 Å². The summed E-state index contributed by atoms with van der Waals surface area (Å²) in [4.78, 5) is 14.8. The molecule has 0 spiro atoms. The van der Waals surface area contributed by atoms with E-state index in [1.165, 1.54) is 0 Å². The van der Waals surface area contributed by atoms with Crippen LogP contribution < -0.4 is 0 Å². The molecular formula is C9H6BrN3O. The van der Waals surface area contributed by atoms with Crippen molar-refractivity contribution < 1.29 is 4.79 Å². The predicted molar refractivity (Wildman–Crippen MR) is 54.4 cm³/mol. The second-order valence-corrected chi connectivity index (χ2v) is 3.43. The molecule has 14 heavy (non-hydrogen) atoms. The molecule has 0 aliphatic heterocycles. The lowest BCUT2D eigenvalue weighted by molar-refractivity contribution is 0.112. The molecule has 0 saturated carbocycles. The number of halogens is 1. The van der Waals surface area contributed by atoms with Crippen LogP contribution in [-0.2, 0) is 0 Å². The number of hydrogen-bond donors (Lipinski definition) is 0. The molecule has 0 unspecified atom stereocenters. The lowest BCUT2D eigenvalue weighted by atomic mass is 10.3. The Morgan fingerprint density at radius 2 is 2.29 bits per heavy atom. The average molecular weight is 252 g/mol. The van der Waals surface area contributed by atoms with Crippen LogP contribution in [0.15, 0.2) is 35.2 Å². The fourth-order valence-electron chi connectivity index (χ4n) is 1.11. The number of hydrogen-bond acceptors (Lipinski definition) is 3. The summed E-state index contributed by atoms with van der Waals surface area (Å²) >= 11 is 3.23. The molecule has 0 atom stereocenters. The molecule has 5 heteroatoms. The Morgan fingerprint density at radius 3 is 2.93 bits per heavy atom. The third-order valence-electron chi connectivity index (χ3n) is 1.72. The van der Waals surface area contributed by atoms with Crippen LogP contribution in [0.3, 0.4) is 0 Å². The van der Waals surface area contributed by atoms with Gasteiger partial charge in [-0.15, -0.1) is 0 Å². The van der Waals surface area contributed by atoms with Gasteiger partial charge in [0.2, 0.25) is 0 Å². The van der Waals surface area contributed by atoms with Gasteiger partial charge in [0, 0.05) is 12.4 Å². The Bertz CT molecular complexity index is 467. The van der Waals surface area contributed by atoms with Crippen molar-refractivity contribution in [1.29, 1.82) is 0 Å². The van der Waals surface area contributed by atoms with Gasteiger partial charge < -0.3 is 0 Å². The van der Waals surface area contributed by atoms with Crippen LogP contribution in [0.1, 0.15) is 10.4 Å². The van der Waals surface area contributed by atoms with Crippen LogP contribution in [-0.4, -0.2) is 21.1 Å². The van der Waals surface area contributed by atoms with Crippen molar-refractivity contribution in [1.82, 2.24) is 14.8 Å². The van der Waals surface area contributed by atoms with Crippen LogP contribution in [0.4, 0.5) is 0 Å². The van der Waals surface area contributed by atoms with Gasteiger partial charge in [-0.3, -0.25) is 4.79 Å². The van der Waals surface area contributed by atoms with Gasteiger partial charge in [-0.1, -0.05) is 0 Å². The number of nitrogens with zero attached hydrogens (tertiary/aromatic N) is 3. The van der Waals surface area contributed by atoms with Gasteiger partial charge in [0.25, 0.3) is 0 Å². The van der Waals surface area contributed by atoms with E-state index in [-0.39, 0.29) is 0 Å². The molecule has 0 amide bonds. The van der Waals surface area contributed by atoms with Gasteiger partial charge in [0.05, 0.1) is 5.56 Å². The molecule has 0 aliphatic rings. The predicted octanol–water partition coefficient (Wildman–Crippen LogP) is 1.84. The first-order valence-corrected chi connectivity index (χ1v) is 4.72. The highest BCUT2D eigenvalue weighted by Gasteiger charge is 2.05. The highest BCUT2D eigenvalue weighted by Crippen LogP contribution is 2.11. The van der Waals surface area contributed by atoms with E-state index in [0.29, 0.717) is 16.0 Å². The Hall–Kier alpha value is -1.49. The van der Waals surface area contributed by atoms with E-state index in [0.717, 1.165) is 6.29 Å². The highest BCUT2D eigenvalue weighted by atomic mass is 79.9. The van der Waals surface area contributed by atoms with Crippen LogP contribution in [0.25, 0.3) is 5.82 Å². The van der Waals surface area contributed by atoms with E-state index >= 15 is 0 Å². The summed E-state index contributed by atoms with van der Waals surface area (Å²) in [6, 6.07) is 5.19. The lowest BCUT2D eigenvalue weighted by Crippen LogP contribution is -2.02. The molecule has 70 valence electrons. The van der Waals surface area contributed by atoms with E-state index < -0.39 is 0 Å². The maximum atomic E-state index is 10.7. The maximum absolute atomic E-state index is 10.7. The van der Waals surface area contributed by atoms with E-state index in [9.17, 15) is 4.79 Å². The van der Waals surface area contributed by atoms with Crippen LogP contribution in [0, 0.1) is 0 Å². The minimum atomic E-state index is 0.517. The average Bonchev–Trinajstić information content (AvgIpc) is 2.65. The number of carbonyl (C=O) groups is 1. The topological polar surface area (TPSA) is 47.8 Å². The molecular weight excluding hydrogens is 246 g/mol. The van der Waals surface area contributed by atoms with Gasteiger partial charge in [-0.2, -0.15) is 5.10 Å². The highest BCUT2D eigenvalue weighted by molar-refractivity contribution is 9.10. The number of aromatic nitrogens is 3. The molecule has 0 N–H and O–H groups in total. The molecule has 2 aromatic heterocycles. The molecule has 0 saturated heterocycles. The summed E-state index contributed by atoms with van der Waals surface area (Å²) in [5.74, 6) is 0.535. The largest absolute Gasteiger partial charge is 0.298 e. The van der Waals surface area contributed by atoms with Crippen molar-refractivity contribution in [2.75, 3.05) is 0 Å². The Kier molecular flexibility index (Phi) is 2.41. The second-order valence-electron chi connectivity index (χ2n) is 2.62. The first kappa shape index (κ1) is 9.08. The summed E-state index contributed by atoms with van der Waals surface area (Å²) in [7, 11) is 0. The summed E-state index contributed by atoms with van der Waals surface area (Å²) in [6.45, 7) is 0. The quantitative estimate of drug-likeness (QED) is 0.766. The number of pyridine rings is 1. The van der Waals surface area contributed by atoms with Gasteiger partial charge in [-0.25, -0.2) is 9.67 Å². The number of aldehydes is 1. The minimum absolute atomic E-state index is 0.517. The number of carbonyl (C=O) groups excluding carboxylic acids is 1. The smallest absolute Gasteiger partial charge is 0.163 e. The zero-order chi connectivity index (χ0) is 9.97. The molecule has 0 radical (unpaired) electrons. The fourth-order valence-corrected chi connectivity index (χ4v) is 1.40. The van der Waals surface area contributed by atoms with Crippen LogP contribution >= 0.6 is 15.9 Å². The molecule has 4 nitrogen and oxygen atoms in total. The molecule has 0 aromatic carbocycles. The van der Waals surface area contributed by atoms with Gasteiger partial charge in [0.15, 0.2) is 12.1 Å². The van der Waals surface area contributed by atoms with E-state index in [2.05, 4.69) is 26.0 Å².